The highest BCUT2D eigenvalue weighted by atomic mass is 32.2. The molecular weight excluding hydrogens is 1890 g/mol. The van der Waals surface area contributed by atoms with Crippen molar-refractivity contribution < 1.29 is 111 Å². The number of aromatic nitrogens is 3. The Bertz CT molecular complexity index is 5110. The normalized spacial score (nSPS) is 23.1. The summed E-state index contributed by atoms with van der Waals surface area (Å²) in [4.78, 5) is 252. The van der Waals surface area contributed by atoms with Gasteiger partial charge in [0.15, 0.2) is 5.78 Å². The molecule has 13 amide bonds. The van der Waals surface area contributed by atoms with Crippen LogP contribution in [0.25, 0.3) is 10.9 Å². The second kappa shape index (κ2) is 59.2. The number of carbonyl (C=O) groups is 17. The Kier molecular flexibility index (Phi) is 47.4. The van der Waals surface area contributed by atoms with E-state index in [0.717, 1.165) is 43.2 Å². The maximum absolute atomic E-state index is 15.8. The summed E-state index contributed by atoms with van der Waals surface area (Å²) in [6.07, 6.45) is 15.4. The van der Waals surface area contributed by atoms with E-state index in [2.05, 4.69) is 80.4 Å². The zero-order chi connectivity index (χ0) is 103. The zero-order valence-corrected chi connectivity index (χ0v) is 83.3. The molecule has 15 atom stereocenters. The highest BCUT2D eigenvalue weighted by Gasteiger charge is 2.50. The fourth-order valence-electron chi connectivity index (χ4n) is 19.2. The number of fused-ring (bicyclic) bond motifs is 5. The molecule has 4 heterocycles. The van der Waals surface area contributed by atoms with E-state index < -0.39 is 229 Å². The number of thioether (sulfide) groups is 2. The van der Waals surface area contributed by atoms with Gasteiger partial charge in [-0.2, -0.15) is 23.5 Å². The summed E-state index contributed by atoms with van der Waals surface area (Å²) in [6, 6.07) is 2.37. The number of nitrogens with zero attached hydrogens (tertiary/aromatic N) is 2. The number of carbonyl (C=O) groups excluding carboxylic acids is 14. The van der Waals surface area contributed by atoms with Crippen molar-refractivity contribution in [1.82, 2.24) is 78.3 Å². The van der Waals surface area contributed by atoms with Crippen LogP contribution in [0, 0.1) is 29.5 Å². The molecule has 9 rings (SSSR count). The first-order valence-corrected chi connectivity index (χ1v) is 52.5. The number of hydrogen-bond donors (Lipinski definition) is 19. The summed E-state index contributed by atoms with van der Waals surface area (Å²) < 4.78 is 30.5. The maximum atomic E-state index is 15.8. The molecule has 143 heavy (non-hydrogen) atoms. The first-order chi connectivity index (χ1) is 68.6. The number of carboxylic acid groups (broad SMARTS) is 3. The summed E-state index contributed by atoms with van der Waals surface area (Å²) in [5, 5.41) is 69.9. The molecule has 1 saturated heterocycles. The number of aromatic amines is 2. The third kappa shape index (κ3) is 38.2. The quantitative estimate of drug-likeness (QED) is 0.0172. The van der Waals surface area contributed by atoms with E-state index in [1.165, 1.54) is 141 Å². The van der Waals surface area contributed by atoms with Crippen LogP contribution in [-0.4, -0.2) is 245 Å². The predicted octanol–water partition coefficient (Wildman–Crippen LogP) is 7.13. The molecular formula is C101H143F2N17O21S2. The molecule has 4 aliphatic rings. The zero-order valence-electron chi connectivity index (χ0n) is 81.6. The fourth-order valence-corrected chi connectivity index (χ4v) is 21.1. The van der Waals surface area contributed by atoms with Crippen LogP contribution in [0.15, 0.2) is 85.5 Å². The van der Waals surface area contributed by atoms with Gasteiger partial charge in [-0.05, 0) is 180 Å². The van der Waals surface area contributed by atoms with Crippen molar-refractivity contribution in [2.24, 2.45) is 35.1 Å². The molecule has 2 saturated carbocycles. The SMILES string of the molecule is CCCCCCCCCCCCCCCC(=O)N[C@@H](CCC(=O)N[C@@H](CCC(=O)NCC[C@H](NC(=O)[C@@H]1CSCc2cccc(c2)CSCCC(=O)N[C@@H](CCCCN)C(=O)NCC(=O)N[C@@H](Cc2c[nH]c3ccc(F)cc23)C(=O)N[C@@H](CC2CCC3CCC(F)CC32)C(=O)N[C@@H](CC(=O)O)C(=O)N[C@@H](Cc2c[nH]cn2)C(=O)N[C@@H](Cc2ccc(O)cc2)C(=O)N2CCC[C@@]2(C)C(=O)C1)C(N)=O)C(=O)O)C(=O)O. The number of imidazole rings is 1. The minimum Gasteiger partial charge on any atom is -0.508 e. The second-order valence-corrected chi connectivity index (χ2v) is 40.4. The van der Waals surface area contributed by atoms with E-state index in [0.29, 0.717) is 72.7 Å². The molecule has 2 bridgehead atoms. The standard InChI is InChI=1S/C101H143F2N17O21S2/c1-3-4-5-6-7-8-9-10-11-12-13-14-15-23-86(124)112-78(100(140)141)35-37-87(125)113-77(99(138)139)34-36-85(123)107-42-38-75(91(105)130)115-92(131)67-49-84(122)101(2)40-19-43-120(101)98(137)83(46-61-24-31-71(121)32-25-61)119-96(135)81(52-70-55-106-60-110-70)117-97(136)82(53-90(128)129)118-95(134)80(47-65-27-26-64-28-29-68(102)50-72(64)65)116-94(133)79(48-66-54-108-74-33-30-69(103)51-73(66)74)114-89(127)56-109-93(132)76(22-16-17-41-104)111-88(126)39-44-142-57-62-20-18-21-63(45-62)58-143-59-67/h18,20-21,24-25,30-33,45,51,54-55,60,64-65,67-68,72,75-83,108,121H,3-17,19,22-23,26-29,34-44,46-50,52-53,56-59,104H2,1-2H3,(H2,105,130)(H,106,110)(H,107,123)(H,109,132)(H,111,126)(H,112,124)(H,113,125)(H,114,127)(H,115,131)(H,116,133)(H,117,136)(H,118,134)(H,119,135)(H,128,129)(H,138,139)(H,140,141)/t64?,65?,67-,68?,72?,75-,76-,77-,78-,79-,80-,81-,82-,83-,101-/m0/s1. The first kappa shape index (κ1) is 115. The second-order valence-electron chi connectivity index (χ2n) is 38.3. The first-order valence-electron chi connectivity index (χ1n) is 50.2. The van der Waals surface area contributed by atoms with Gasteiger partial charge in [0, 0.05) is 111 Å². The molecule has 21 N–H and O–H groups in total. The van der Waals surface area contributed by atoms with Gasteiger partial charge in [-0.3, -0.25) is 71.9 Å². The number of nitrogens with two attached hydrogens (primary N) is 2. The number of aliphatic carboxylic acids is 3. The minimum absolute atomic E-state index is 0.0155. The Hall–Kier alpha value is -12.1. The smallest absolute Gasteiger partial charge is 0.326 e. The van der Waals surface area contributed by atoms with Crippen molar-refractivity contribution in [1.29, 1.82) is 0 Å². The molecule has 2 aromatic heterocycles. The molecule has 3 fully saturated rings. The summed E-state index contributed by atoms with van der Waals surface area (Å²) in [6.45, 7) is 2.77. The lowest BCUT2D eigenvalue weighted by molar-refractivity contribution is -0.146. The largest absolute Gasteiger partial charge is 0.508 e. The molecule has 0 radical (unpaired) electrons. The lowest BCUT2D eigenvalue weighted by Gasteiger charge is -2.37. The van der Waals surface area contributed by atoms with Gasteiger partial charge in [0.2, 0.25) is 76.8 Å². The van der Waals surface area contributed by atoms with Crippen molar-refractivity contribution in [3.05, 3.63) is 119 Å². The number of ketones is 1. The van der Waals surface area contributed by atoms with Crippen molar-refractivity contribution in [2.45, 2.75) is 323 Å². The third-order valence-corrected chi connectivity index (χ3v) is 29.4. The monoisotopic (exact) mass is 2030 g/mol. The van der Waals surface area contributed by atoms with E-state index in [-0.39, 0.29) is 131 Å². The number of Topliss-reactive ketones (excluding diaryl/α,β-unsaturated/α-hetero) is 1. The number of primary amides is 1. The van der Waals surface area contributed by atoms with Crippen molar-refractivity contribution in [3.63, 3.8) is 0 Å². The molecule has 4 unspecified atom stereocenters. The van der Waals surface area contributed by atoms with E-state index >= 15 is 42.3 Å². The molecule has 42 heteroatoms. The highest BCUT2D eigenvalue weighted by Crippen LogP contribution is 2.48. The van der Waals surface area contributed by atoms with Crippen LogP contribution in [0.3, 0.4) is 0 Å². The van der Waals surface area contributed by atoms with Gasteiger partial charge >= 0.3 is 17.9 Å². The van der Waals surface area contributed by atoms with Gasteiger partial charge in [-0.1, -0.05) is 120 Å². The lowest BCUT2D eigenvalue weighted by Crippen LogP contribution is -2.61. The van der Waals surface area contributed by atoms with Gasteiger partial charge < -0.3 is 105 Å². The van der Waals surface area contributed by atoms with Crippen LogP contribution in [0.2, 0.25) is 0 Å². The highest BCUT2D eigenvalue weighted by molar-refractivity contribution is 7.98. The molecule has 3 aromatic carbocycles. The predicted molar refractivity (Wildman–Crippen MR) is 531 cm³/mol. The number of nitrogens with one attached hydrogen (secondary N) is 13. The summed E-state index contributed by atoms with van der Waals surface area (Å²) in [5.74, 6) is -18.6. The van der Waals surface area contributed by atoms with Crippen LogP contribution in [0.4, 0.5) is 8.78 Å². The van der Waals surface area contributed by atoms with E-state index in [4.69, 9.17) is 11.5 Å². The number of halogens is 2. The Morgan fingerprint density at radius 3 is 1.87 bits per heavy atom. The van der Waals surface area contributed by atoms with Crippen LogP contribution in [0.5, 0.6) is 5.75 Å². The molecule has 2 aliphatic carbocycles. The number of carboxylic acids is 3. The van der Waals surface area contributed by atoms with Gasteiger partial charge in [0.25, 0.3) is 0 Å². The van der Waals surface area contributed by atoms with Gasteiger partial charge in [0.05, 0.1) is 36.4 Å². The molecule has 0 spiro atoms. The van der Waals surface area contributed by atoms with Crippen LogP contribution in [-0.2, 0) is 112 Å². The minimum atomic E-state index is -2.06. The van der Waals surface area contributed by atoms with Gasteiger partial charge in [0.1, 0.15) is 72.1 Å². The Morgan fingerprint density at radius 2 is 1.22 bits per heavy atom. The van der Waals surface area contributed by atoms with Crippen LogP contribution >= 0.6 is 23.5 Å². The number of benzene rings is 3. The molecule has 784 valence electrons. The Balaban J connectivity index is 0.943. The number of phenols is 1. The number of alkyl halides is 1. The lowest BCUT2D eigenvalue weighted by atomic mass is 9.75. The Labute approximate surface area is 839 Å². The molecule has 38 nitrogen and oxygen atoms in total. The van der Waals surface area contributed by atoms with Gasteiger partial charge in [-0.15, -0.1) is 0 Å². The Morgan fingerprint density at radius 1 is 0.615 bits per heavy atom. The van der Waals surface area contributed by atoms with Gasteiger partial charge in [-0.25, -0.2) is 23.4 Å². The number of hydrogen-bond acceptors (Lipinski definition) is 22. The number of aromatic hydroxyl groups is 1. The van der Waals surface area contributed by atoms with Crippen LogP contribution in [0.1, 0.15) is 254 Å². The van der Waals surface area contributed by atoms with Crippen molar-refractivity contribution in [3.8, 4) is 5.75 Å². The fraction of sp³-hybridized carbons (Fsp3) is 0.604. The van der Waals surface area contributed by atoms with Crippen LogP contribution < -0.4 is 70.0 Å². The topological polar surface area (TPSA) is 603 Å². The van der Waals surface area contributed by atoms with E-state index in [9.17, 15) is 68.4 Å². The maximum Gasteiger partial charge on any atom is 0.326 e. The number of H-pyrrole nitrogens is 2. The molecule has 2 aliphatic heterocycles. The summed E-state index contributed by atoms with van der Waals surface area (Å²) in [7, 11) is 0. The molecule has 5 aromatic rings. The number of rotatable bonds is 44. The number of amides is 13. The van der Waals surface area contributed by atoms with E-state index in [1.807, 2.05) is 18.2 Å². The summed E-state index contributed by atoms with van der Waals surface area (Å²) >= 11 is 2.64. The third-order valence-electron chi connectivity index (χ3n) is 27.2. The average Bonchev–Trinajstić information content (AvgIpc) is 1.64. The van der Waals surface area contributed by atoms with E-state index in [1.54, 1.807) is 6.07 Å². The average molecular weight is 2030 g/mol. The number of unbranched alkanes of at least 4 members (excludes halogenated alkanes) is 13. The van der Waals surface area contributed by atoms with Crippen molar-refractivity contribution in [2.75, 3.05) is 37.7 Å². The summed E-state index contributed by atoms with van der Waals surface area (Å²) in [5.41, 5.74) is 12.9. The number of phenolic OH excluding ortho intramolecular Hbond substituents is 1. The van der Waals surface area contributed by atoms with Crippen molar-refractivity contribution >= 4 is 135 Å².